The van der Waals surface area contributed by atoms with Crippen molar-refractivity contribution in [2.24, 2.45) is 5.41 Å². The van der Waals surface area contributed by atoms with Crippen LogP contribution in [-0.4, -0.2) is 23.2 Å². The number of carbonyl (C=O) groups is 1. The average Bonchev–Trinajstić information content (AvgIpc) is 2.32. The summed E-state index contributed by atoms with van der Waals surface area (Å²) in [5.74, 6) is -0.895. The summed E-state index contributed by atoms with van der Waals surface area (Å²) < 4.78 is 13.8. The van der Waals surface area contributed by atoms with E-state index in [9.17, 15) is 14.3 Å². The fraction of sp³-hybridized carbons (Fsp3) is 0.500. The fourth-order valence-corrected chi connectivity index (χ4v) is 2.21. The molecule has 18 heavy (non-hydrogen) atoms. The highest BCUT2D eigenvalue weighted by Gasteiger charge is 2.48. The Morgan fingerprint density at radius 1 is 1.50 bits per heavy atom. The third kappa shape index (κ3) is 2.01. The first-order chi connectivity index (χ1) is 8.34. The standard InChI is InChI=1S/C14H18FNO2/c1-8-5-4-6-9(12(8)15)13(18)16-10-7-11(17)14(10,2)3/h4-6,10-11,17H,7H2,1-3H3,(H,16,18). The van der Waals surface area contributed by atoms with Crippen LogP contribution in [0.15, 0.2) is 18.2 Å². The highest BCUT2D eigenvalue weighted by molar-refractivity contribution is 5.95. The molecule has 1 aromatic carbocycles. The third-order valence-corrected chi connectivity index (χ3v) is 3.96. The number of aliphatic hydroxyl groups is 1. The molecule has 0 radical (unpaired) electrons. The molecule has 0 saturated heterocycles. The molecule has 4 heteroatoms. The molecule has 0 aliphatic heterocycles. The van der Waals surface area contributed by atoms with E-state index in [2.05, 4.69) is 5.32 Å². The summed E-state index contributed by atoms with van der Waals surface area (Å²) in [6.07, 6.45) is 0.108. The minimum absolute atomic E-state index is 0.0622. The van der Waals surface area contributed by atoms with Gasteiger partial charge >= 0.3 is 0 Å². The Kier molecular flexibility index (Phi) is 3.15. The van der Waals surface area contributed by atoms with Gasteiger partial charge < -0.3 is 10.4 Å². The van der Waals surface area contributed by atoms with Crippen LogP contribution in [0.1, 0.15) is 36.2 Å². The molecular formula is C14H18FNO2. The van der Waals surface area contributed by atoms with E-state index in [1.165, 1.54) is 6.07 Å². The Hall–Kier alpha value is -1.42. The van der Waals surface area contributed by atoms with Crippen molar-refractivity contribution >= 4 is 5.91 Å². The smallest absolute Gasteiger partial charge is 0.254 e. The van der Waals surface area contributed by atoms with Gasteiger partial charge in [-0.05, 0) is 25.0 Å². The molecule has 0 bridgehead atoms. The second kappa shape index (κ2) is 4.35. The Labute approximate surface area is 106 Å². The normalized spacial score (nSPS) is 25.4. The highest BCUT2D eigenvalue weighted by atomic mass is 19.1. The largest absolute Gasteiger partial charge is 0.392 e. The molecule has 3 nitrogen and oxygen atoms in total. The van der Waals surface area contributed by atoms with E-state index in [-0.39, 0.29) is 17.0 Å². The van der Waals surface area contributed by atoms with Gasteiger partial charge in [-0.15, -0.1) is 0 Å². The molecule has 1 aromatic rings. The highest BCUT2D eigenvalue weighted by Crippen LogP contribution is 2.40. The Bertz CT molecular complexity index is 485. The summed E-state index contributed by atoms with van der Waals surface area (Å²) in [5.41, 5.74) is 0.165. The van der Waals surface area contributed by atoms with Crippen LogP contribution < -0.4 is 5.32 Å². The quantitative estimate of drug-likeness (QED) is 0.845. The fourth-order valence-electron chi connectivity index (χ4n) is 2.21. The van der Waals surface area contributed by atoms with E-state index in [4.69, 9.17) is 0 Å². The monoisotopic (exact) mass is 251 g/mol. The first kappa shape index (κ1) is 13.0. The molecular weight excluding hydrogens is 233 g/mol. The van der Waals surface area contributed by atoms with Crippen molar-refractivity contribution in [3.8, 4) is 0 Å². The number of rotatable bonds is 2. The van der Waals surface area contributed by atoms with Gasteiger partial charge in [-0.1, -0.05) is 26.0 Å². The lowest BCUT2D eigenvalue weighted by atomic mass is 9.64. The van der Waals surface area contributed by atoms with Crippen LogP contribution >= 0.6 is 0 Å². The summed E-state index contributed by atoms with van der Waals surface area (Å²) in [7, 11) is 0. The zero-order chi connectivity index (χ0) is 13.5. The predicted octanol–water partition coefficient (Wildman–Crippen LogP) is 2.02. The van der Waals surface area contributed by atoms with Crippen molar-refractivity contribution in [2.45, 2.75) is 39.3 Å². The number of nitrogens with one attached hydrogen (secondary N) is 1. The molecule has 2 rings (SSSR count). The van der Waals surface area contributed by atoms with Gasteiger partial charge in [0, 0.05) is 11.5 Å². The summed E-state index contributed by atoms with van der Waals surface area (Å²) >= 11 is 0. The predicted molar refractivity (Wildman–Crippen MR) is 66.8 cm³/mol. The van der Waals surface area contributed by atoms with Crippen molar-refractivity contribution in [3.63, 3.8) is 0 Å². The van der Waals surface area contributed by atoms with Crippen LogP contribution in [0.2, 0.25) is 0 Å². The van der Waals surface area contributed by atoms with Crippen LogP contribution in [0.5, 0.6) is 0 Å². The molecule has 2 N–H and O–H groups in total. The minimum Gasteiger partial charge on any atom is -0.392 e. The van der Waals surface area contributed by atoms with Gasteiger partial charge in [0.2, 0.25) is 0 Å². The molecule has 1 saturated carbocycles. The summed E-state index contributed by atoms with van der Waals surface area (Å²) in [6, 6.07) is 4.65. The molecule has 1 aliphatic rings. The van der Waals surface area contributed by atoms with E-state index in [0.717, 1.165) is 0 Å². The average molecular weight is 251 g/mol. The summed E-state index contributed by atoms with van der Waals surface area (Å²) in [6.45, 7) is 5.40. The Morgan fingerprint density at radius 3 is 2.72 bits per heavy atom. The second-order valence-electron chi connectivity index (χ2n) is 5.54. The maximum absolute atomic E-state index is 13.8. The van der Waals surface area contributed by atoms with Gasteiger partial charge in [-0.3, -0.25) is 4.79 Å². The number of amides is 1. The van der Waals surface area contributed by atoms with Crippen molar-refractivity contribution in [2.75, 3.05) is 0 Å². The van der Waals surface area contributed by atoms with Crippen LogP contribution in [0.25, 0.3) is 0 Å². The van der Waals surface area contributed by atoms with Gasteiger partial charge in [0.15, 0.2) is 0 Å². The number of aliphatic hydroxyl groups excluding tert-OH is 1. The van der Waals surface area contributed by atoms with E-state index >= 15 is 0 Å². The molecule has 0 aromatic heterocycles. The summed E-state index contributed by atoms with van der Waals surface area (Å²) in [5, 5.41) is 12.4. The topological polar surface area (TPSA) is 49.3 Å². The molecule has 1 aliphatic carbocycles. The van der Waals surface area contributed by atoms with E-state index in [0.29, 0.717) is 12.0 Å². The lowest BCUT2D eigenvalue weighted by Crippen LogP contribution is -2.61. The van der Waals surface area contributed by atoms with Crippen LogP contribution in [0.3, 0.4) is 0 Å². The van der Waals surface area contributed by atoms with Gasteiger partial charge in [0.1, 0.15) is 5.82 Å². The number of benzene rings is 1. The molecule has 1 amide bonds. The minimum atomic E-state index is -0.479. The van der Waals surface area contributed by atoms with Crippen LogP contribution in [0.4, 0.5) is 4.39 Å². The van der Waals surface area contributed by atoms with Gasteiger partial charge in [0.25, 0.3) is 5.91 Å². The van der Waals surface area contributed by atoms with Gasteiger partial charge in [0.05, 0.1) is 11.7 Å². The zero-order valence-electron chi connectivity index (χ0n) is 10.8. The first-order valence-corrected chi connectivity index (χ1v) is 6.08. The second-order valence-corrected chi connectivity index (χ2v) is 5.54. The van der Waals surface area contributed by atoms with Gasteiger partial charge in [-0.25, -0.2) is 4.39 Å². The first-order valence-electron chi connectivity index (χ1n) is 6.08. The lowest BCUT2D eigenvalue weighted by Gasteiger charge is -2.49. The molecule has 0 heterocycles. The Balaban J connectivity index is 2.12. The van der Waals surface area contributed by atoms with Crippen molar-refractivity contribution in [1.82, 2.24) is 5.32 Å². The number of hydrogen-bond acceptors (Lipinski definition) is 2. The number of carbonyl (C=O) groups excluding carboxylic acids is 1. The maximum Gasteiger partial charge on any atom is 0.254 e. The zero-order valence-corrected chi connectivity index (χ0v) is 10.8. The maximum atomic E-state index is 13.8. The van der Waals surface area contributed by atoms with Crippen molar-refractivity contribution in [1.29, 1.82) is 0 Å². The molecule has 0 spiro atoms. The summed E-state index contributed by atoms with van der Waals surface area (Å²) in [4.78, 5) is 12.0. The van der Waals surface area contributed by atoms with E-state index < -0.39 is 17.8 Å². The number of hydrogen-bond donors (Lipinski definition) is 2. The Morgan fingerprint density at radius 2 is 2.17 bits per heavy atom. The van der Waals surface area contributed by atoms with E-state index in [1.54, 1.807) is 19.1 Å². The third-order valence-electron chi connectivity index (χ3n) is 3.96. The van der Waals surface area contributed by atoms with E-state index in [1.807, 2.05) is 13.8 Å². The lowest BCUT2D eigenvalue weighted by molar-refractivity contribution is -0.0689. The molecule has 1 fully saturated rings. The SMILES string of the molecule is Cc1cccc(C(=O)NC2CC(O)C2(C)C)c1F. The number of halogens is 1. The molecule has 98 valence electrons. The number of aryl methyl sites for hydroxylation is 1. The van der Waals surface area contributed by atoms with Crippen LogP contribution in [-0.2, 0) is 0 Å². The molecule has 2 unspecified atom stereocenters. The van der Waals surface area contributed by atoms with Gasteiger partial charge in [-0.2, -0.15) is 0 Å². The van der Waals surface area contributed by atoms with Crippen molar-refractivity contribution < 1.29 is 14.3 Å². The van der Waals surface area contributed by atoms with Crippen molar-refractivity contribution in [3.05, 3.63) is 35.1 Å². The molecule has 2 atom stereocenters. The van der Waals surface area contributed by atoms with Crippen LogP contribution in [0, 0.1) is 18.2 Å².